The third-order valence-corrected chi connectivity index (χ3v) is 2.54. The average Bonchev–Trinajstić information content (AvgIpc) is 2.04. The maximum absolute atomic E-state index is 9.72. The van der Waals surface area contributed by atoms with Crippen molar-refractivity contribution in [2.45, 2.75) is 39.0 Å². The standard InChI is InChI=1S/C9H20N2O/c1-7(2)9(12)11-5-3-8(10)4-6-11/h7-9,12H,3-6,10H2,1-2H3. The maximum atomic E-state index is 9.72. The van der Waals surface area contributed by atoms with E-state index in [2.05, 4.69) is 4.90 Å². The fourth-order valence-electron chi connectivity index (χ4n) is 1.61. The van der Waals surface area contributed by atoms with E-state index in [0.29, 0.717) is 12.0 Å². The van der Waals surface area contributed by atoms with E-state index in [-0.39, 0.29) is 6.23 Å². The van der Waals surface area contributed by atoms with Crippen molar-refractivity contribution in [3.05, 3.63) is 0 Å². The fraction of sp³-hybridized carbons (Fsp3) is 1.00. The summed E-state index contributed by atoms with van der Waals surface area (Å²) in [6.45, 7) is 5.97. The van der Waals surface area contributed by atoms with E-state index in [4.69, 9.17) is 5.73 Å². The highest BCUT2D eigenvalue weighted by atomic mass is 16.3. The Morgan fingerprint density at radius 3 is 2.25 bits per heavy atom. The molecule has 0 bridgehead atoms. The lowest BCUT2D eigenvalue weighted by Crippen LogP contribution is -2.46. The van der Waals surface area contributed by atoms with Gasteiger partial charge in [0, 0.05) is 19.1 Å². The number of likely N-dealkylation sites (tertiary alicyclic amines) is 1. The quantitative estimate of drug-likeness (QED) is 0.633. The molecule has 0 aromatic heterocycles. The van der Waals surface area contributed by atoms with Gasteiger partial charge in [-0.2, -0.15) is 0 Å². The van der Waals surface area contributed by atoms with Crippen molar-refractivity contribution in [1.82, 2.24) is 4.90 Å². The van der Waals surface area contributed by atoms with Crippen molar-refractivity contribution in [3.63, 3.8) is 0 Å². The molecule has 3 heteroatoms. The molecule has 0 spiro atoms. The molecule has 1 saturated heterocycles. The fourth-order valence-corrected chi connectivity index (χ4v) is 1.61. The number of hydrogen-bond acceptors (Lipinski definition) is 3. The molecule has 1 heterocycles. The first-order chi connectivity index (χ1) is 5.61. The van der Waals surface area contributed by atoms with Gasteiger partial charge in [-0.05, 0) is 18.8 Å². The summed E-state index contributed by atoms with van der Waals surface area (Å²) in [4.78, 5) is 2.12. The predicted molar refractivity (Wildman–Crippen MR) is 49.6 cm³/mol. The second-order valence-electron chi connectivity index (χ2n) is 4.03. The van der Waals surface area contributed by atoms with Crippen molar-refractivity contribution >= 4 is 0 Å². The molecular formula is C9H20N2O. The van der Waals surface area contributed by atoms with Gasteiger partial charge in [0.1, 0.15) is 6.23 Å². The maximum Gasteiger partial charge on any atom is 0.109 e. The Bertz CT molecular complexity index is 130. The molecule has 0 aromatic carbocycles. The van der Waals surface area contributed by atoms with Crippen molar-refractivity contribution in [2.75, 3.05) is 13.1 Å². The Kier molecular flexibility index (Phi) is 3.50. The smallest absolute Gasteiger partial charge is 0.109 e. The van der Waals surface area contributed by atoms with Gasteiger partial charge in [-0.15, -0.1) is 0 Å². The van der Waals surface area contributed by atoms with Gasteiger partial charge in [-0.1, -0.05) is 13.8 Å². The number of nitrogens with zero attached hydrogens (tertiary/aromatic N) is 1. The second-order valence-corrected chi connectivity index (χ2v) is 4.03. The molecule has 72 valence electrons. The minimum absolute atomic E-state index is 0.280. The van der Waals surface area contributed by atoms with Crippen LogP contribution < -0.4 is 5.73 Å². The first kappa shape index (κ1) is 9.96. The summed E-state index contributed by atoms with van der Waals surface area (Å²) in [5.74, 6) is 0.319. The zero-order chi connectivity index (χ0) is 9.14. The zero-order valence-corrected chi connectivity index (χ0v) is 8.03. The molecule has 1 aliphatic rings. The Balaban J connectivity index is 2.34. The van der Waals surface area contributed by atoms with Gasteiger partial charge in [-0.3, -0.25) is 4.90 Å². The van der Waals surface area contributed by atoms with E-state index in [1.807, 2.05) is 13.8 Å². The summed E-state index contributed by atoms with van der Waals surface area (Å²) >= 11 is 0. The largest absolute Gasteiger partial charge is 0.378 e. The summed E-state index contributed by atoms with van der Waals surface area (Å²) in [6, 6.07) is 0.348. The van der Waals surface area contributed by atoms with Crippen molar-refractivity contribution in [3.8, 4) is 0 Å². The van der Waals surface area contributed by atoms with Crippen LogP contribution in [0.25, 0.3) is 0 Å². The number of nitrogens with two attached hydrogens (primary N) is 1. The first-order valence-corrected chi connectivity index (χ1v) is 4.79. The van der Waals surface area contributed by atoms with E-state index in [0.717, 1.165) is 25.9 Å². The lowest BCUT2D eigenvalue weighted by atomic mass is 10.0. The summed E-state index contributed by atoms with van der Waals surface area (Å²) in [5.41, 5.74) is 5.76. The molecular weight excluding hydrogens is 152 g/mol. The van der Waals surface area contributed by atoms with Crippen LogP contribution in [0.3, 0.4) is 0 Å². The van der Waals surface area contributed by atoms with E-state index < -0.39 is 0 Å². The van der Waals surface area contributed by atoms with Crippen molar-refractivity contribution in [1.29, 1.82) is 0 Å². The Morgan fingerprint density at radius 2 is 1.83 bits per heavy atom. The number of aliphatic hydroxyl groups excluding tert-OH is 1. The van der Waals surface area contributed by atoms with E-state index in [1.165, 1.54) is 0 Å². The van der Waals surface area contributed by atoms with Crippen LogP contribution >= 0.6 is 0 Å². The van der Waals surface area contributed by atoms with Crippen LogP contribution in [-0.4, -0.2) is 35.4 Å². The van der Waals surface area contributed by atoms with Crippen molar-refractivity contribution in [2.24, 2.45) is 11.7 Å². The van der Waals surface area contributed by atoms with Crippen LogP contribution in [0.4, 0.5) is 0 Å². The Morgan fingerprint density at radius 1 is 1.33 bits per heavy atom. The molecule has 1 aliphatic heterocycles. The lowest BCUT2D eigenvalue weighted by molar-refractivity contribution is -0.0412. The number of hydrogen-bond donors (Lipinski definition) is 2. The molecule has 0 saturated carbocycles. The third kappa shape index (κ3) is 2.44. The number of aliphatic hydroxyl groups is 1. The van der Waals surface area contributed by atoms with Gasteiger partial charge in [0.15, 0.2) is 0 Å². The number of rotatable bonds is 2. The van der Waals surface area contributed by atoms with Crippen molar-refractivity contribution < 1.29 is 5.11 Å². The highest BCUT2D eigenvalue weighted by molar-refractivity contribution is 4.76. The van der Waals surface area contributed by atoms with Crippen LogP contribution in [0.2, 0.25) is 0 Å². The van der Waals surface area contributed by atoms with Crippen LogP contribution in [0.15, 0.2) is 0 Å². The SMILES string of the molecule is CC(C)C(O)N1CCC(N)CC1. The van der Waals surface area contributed by atoms with Crippen LogP contribution in [0, 0.1) is 5.92 Å². The van der Waals surface area contributed by atoms with Crippen LogP contribution in [-0.2, 0) is 0 Å². The molecule has 1 unspecified atom stereocenters. The van der Waals surface area contributed by atoms with E-state index >= 15 is 0 Å². The predicted octanol–water partition coefficient (Wildman–Crippen LogP) is 0.384. The first-order valence-electron chi connectivity index (χ1n) is 4.79. The Hall–Kier alpha value is -0.120. The molecule has 0 aromatic rings. The lowest BCUT2D eigenvalue weighted by Gasteiger charge is -2.35. The highest BCUT2D eigenvalue weighted by Crippen LogP contribution is 2.14. The van der Waals surface area contributed by atoms with Gasteiger partial charge in [0.05, 0.1) is 0 Å². The monoisotopic (exact) mass is 172 g/mol. The van der Waals surface area contributed by atoms with Gasteiger partial charge < -0.3 is 10.8 Å². The van der Waals surface area contributed by atoms with Gasteiger partial charge in [-0.25, -0.2) is 0 Å². The molecule has 1 fully saturated rings. The summed E-state index contributed by atoms with van der Waals surface area (Å²) in [7, 11) is 0. The molecule has 3 nitrogen and oxygen atoms in total. The summed E-state index contributed by atoms with van der Waals surface area (Å²) < 4.78 is 0. The molecule has 12 heavy (non-hydrogen) atoms. The molecule has 3 N–H and O–H groups in total. The minimum Gasteiger partial charge on any atom is -0.378 e. The summed E-state index contributed by atoms with van der Waals surface area (Å²) in [6.07, 6.45) is 1.76. The van der Waals surface area contributed by atoms with Gasteiger partial charge >= 0.3 is 0 Å². The molecule has 0 aliphatic carbocycles. The summed E-state index contributed by atoms with van der Waals surface area (Å²) in [5, 5.41) is 9.72. The van der Waals surface area contributed by atoms with Gasteiger partial charge in [0.25, 0.3) is 0 Å². The van der Waals surface area contributed by atoms with E-state index in [1.54, 1.807) is 0 Å². The Labute approximate surface area is 74.5 Å². The topological polar surface area (TPSA) is 49.5 Å². The van der Waals surface area contributed by atoms with Gasteiger partial charge in [0.2, 0.25) is 0 Å². The van der Waals surface area contributed by atoms with Crippen LogP contribution in [0.1, 0.15) is 26.7 Å². The average molecular weight is 172 g/mol. The van der Waals surface area contributed by atoms with E-state index in [9.17, 15) is 5.11 Å². The highest BCUT2D eigenvalue weighted by Gasteiger charge is 2.23. The molecule has 0 amide bonds. The normalized spacial score (nSPS) is 24.8. The molecule has 1 atom stereocenters. The van der Waals surface area contributed by atoms with Crippen LogP contribution in [0.5, 0.6) is 0 Å². The molecule has 0 radical (unpaired) electrons. The molecule has 1 rings (SSSR count). The second kappa shape index (κ2) is 4.21. The minimum atomic E-state index is -0.280. The zero-order valence-electron chi connectivity index (χ0n) is 8.03. The third-order valence-electron chi connectivity index (χ3n) is 2.54. The number of piperidine rings is 1.